The first kappa shape index (κ1) is 12.9. The van der Waals surface area contributed by atoms with Crippen molar-refractivity contribution in [3.8, 4) is 5.75 Å². The highest BCUT2D eigenvalue weighted by atomic mass is 16.3. The second-order valence-corrected chi connectivity index (χ2v) is 5.28. The van der Waals surface area contributed by atoms with Gasteiger partial charge in [-0.2, -0.15) is 0 Å². The van der Waals surface area contributed by atoms with Crippen molar-refractivity contribution >= 4 is 5.95 Å². The fourth-order valence-electron chi connectivity index (χ4n) is 2.55. The number of hydrogen-bond acceptors (Lipinski definition) is 4. The van der Waals surface area contributed by atoms with Crippen molar-refractivity contribution in [3.63, 3.8) is 0 Å². The lowest BCUT2D eigenvalue weighted by Gasteiger charge is -2.26. The van der Waals surface area contributed by atoms with Gasteiger partial charge in [-0.1, -0.05) is 12.1 Å². The van der Waals surface area contributed by atoms with Crippen LogP contribution in [0.4, 0.5) is 5.95 Å². The van der Waals surface area contributed by atoms with E-state index in [1.165, 1.54) is 19.3 Å². The summed E-state index contributed by atoms with van der Waals surface area (Å²) in [5.41, 5.74) is 2.24. The van der Waals surface area contributed by atoms with Crippen LogP contribution in [0, 0.1) is 0 Å². The van der Waals surface area contributed by atoms with Crippen LogP contribution in [0.2, 0.25) is 0 Å². The third-order valence-corrected chi connectivity index (χ3v) is 3.68. The molecule has 1 aliphatic rings. The molecule has 0 saturated carbocycles. The van der Waals surface area contributed by atoms with E-state index in [0.717, 1.165) is 36.6 Å². The van der Waals surface area contributed by atoms with Crippen LogP contribution in [0.15, 0.2) is 36.7 Å². The maximum absolute atomic E-state index is 9.27. The van der Waals surface area contributed by atoms with Gasteiger partial charge in [0.25, 0.3) is 0 Å². The summed E-state index contributed by atoms with van der Waals surface area (Å²) in [5.74, 6) is 1.14. The fourth-order valence-corrected chi connectivity index (χ4v) is 2.55. The largest absolute Gasteiger partial charge is 0.508 e. The molecule has 0 atom stereocenters. The zero-order valence-corrected chi connectivity index (χ0v) is 11.5. The van der Waals surface area contributed by atoms with Crippen LogP contribution < -0.4 is 4.90 Å². The molecule has 0 spiro atoms. The minimum atomic E-state index is 0.297. The number of anilines is 1. The smallest absolute Gasteiger partial charge is 0.225 e. The van der Waals surface area contributed by atoms with Gasteiger partial charge >= 0.3 is 0 Å². The van der Waals surface area contributed by atoms with Crippen molar-refractivity contribution in [3.05, 3.63) is 47.8 Å². The summed E-state index contributed by atoms with van der Waals surface area (Å²) in [5, 5.41) is 9.27. The number of phenolic OH excluding ortho intramolecular Hbond substituents is 1. The quantitative estimate of drug-likeness (QED) is 0.931. The van der Waals surface area contributed by atoms with E-state index in [1.54, 1.807) is 12.1 Å². The lowest BCUT2D eigenvalue weighted by molar-refractivity contribution is 0.475. The normalized spacial score (nSPS) is 15.3. The molecule has 1 aromatic heterocycles. The minimum absolute atomic E-state index is 0.297. The van der Waals surface area contributed by atoms with E-state index >= 15 is 0 Å². The van der Waals surface area contributed by atoms with Gasteiger partial charge in [0.15, 0.2) is 0 Å². The Morgan fingerprint density at radius 3 is 2.20 bits per heavy atom. The number of benzene rings is 1. The topological polar surface area (TPSA) is 49.3 Å². The molecule has 104 valence electrons. The Balaban J connectivity index is 1.67. The van der Waals surface area contributed by atoms with E-state index in [0.29, 0.717) is 5.75 Å². The summed E-state index contributed by atoms with van der Waals surface area (Å²) in [6.45, 7) is 2.13. The maximum Gasteiger partial charge on any atom is 0.225 e. The summed E-state index contributed by atoms with van der Waals surface area (Å²) >= 11 is 0. The zero-order chi connectivity index (χ0) is 13.8. The number of phenols is 1. The number of nitrogens with zero attached hydrogens (tertiary/aromatic N) is 3. The zero-order valence-electron chi connectivity index (χ0n) is 11.5. The molecule has 20 heavy (non-hydrogen) atoms. The maximum atomic E-state index is 9.27. The molecule has 1 fully saturated rings. The summed E-state index contributed by atoms with van der Waals surface area (Å²) in [6, 6.07) is 7.26. The first-order chi connectivity index (χ1) is 9.81. The number of rotatable bonds is 3. The van der Waals surface area contributed by atoms with E-state index in [-0.39, 0.29) is 0 Å². The third-order valence-electron chi connectivity index (χ3n) is 3.68. The molecule has 0 unspecified atom stereocenters. The van der Waals surface area contributed by atoms with Gasteiger partial charge in [-0.05, 0) is 42.5 Å². The van der Waals surface area contributed by atoms with Gasteiger partial charge in [-0.25, -0.2) is 9.97 Å². The lowest BCUT2D eigenvalue weighted by Crippen LogP contribution is -2.30. The first-order valence-electron chi connectivity index (χ1n) is 7.15. The summed E-state index contributed by atoms with van der Waals surface area (Å²) in [6.07, 6.45) is 8.39. The second kappa shape index (κ2) is 5.90. The Hall–Kier alpha value is -2.10. The molecule has 3 rings (SSSR count). The molecule has 4 nitrogen and oxygen atoms in total. The Bertz CT molecular complexity index is 545. The number of hydrogen-bond donors (Lipinski definition) is 1. The molecule has 2 aromatic rings. The van der Waals surface area contributed by atoms with Crippen molar-refractivity contribution in [2.75, 3.05) is 18.0 Å². The number of aromatic hydroxyl groups is 1. The highest BCUT2D eigenvalue weighted by Crippen LogP contribution is 2.17. The highest BCUT2D eigenvalue weighted by molar-refractivity contribution is 5.33. The van der Waals surface area contributed by atoms with Crippen molar-refractivity contribution in [1.82, 2.24) is 9.97 Å². The Morgan fingerprint density at radius 2 is 1.55 bits per heavy atom. The van der Waals surface area contributed by atoms with E-state index in [2.05, 4.69) is 14.9 Å². The van der Waals surface area contributed by atoms with Gasteiger partial charge < -0.3 is 10.0 Å². The van der Waals surface area contributed by atoms with Crippen LogP contribution in [0.1, 0.15) is 30.4 Å². The van der Waals surface area contributed by atoms with Crippen LogP contribution in [0.25, 0.3) is 0 Å². The monoisotopic (exact) mass is 269 g/mol. The summed E-state index contributed by atoms with van der Waals surface area (Å²) < 4.78 is 0. The molecule has 0 amide bonds. The van der Waals surface area contributed by atoms with Crippen LogP contribution in [0.3, 0.4) is 0 Å². The number of piperidine rings is 1. The van der Waals surface area contributed by atoms with Crippen molar-refractivity contribution in [2.45, 2.75) is 25.7 Å². The van der Waals surface area contributed by atoms with E-state index in [1.807, 2.05) is 24.5 Å². The first-order valence-corrected chi connectivity index (χ1v) is 7.15. The predicted octanol–water partition coefficient (Wildman–Crippen LogP) is 2.76. The van der Waals surface area contributed by atoms with Crippen LogP contribution >= 0.6 is 0 Å². The molecular formula is C16H19N3O. The molecule has 4 heteroatoms. The molecule has 0 radical (unpaired) electrons. The molecule has 0 bridgehead atoms. The van der Waals surface area contributed by atoms with E-state index in [4.69, 9.17) is 0 Å². The van der Waals surface area contributed by atoms with Crippen LogP contribution in [-0.4, -0.2) is 28.2 Å². The van der Waals surface area contributed by atoms with E-state index < -0.39 is 0 Å². The molecule has 1 saturated heterocycles. The average Bonchev–Trinajstić information content (AvgIpc) is 2.51. The molecule has 1 aliphatic heterocycles. The minimum Gasteiger partial charge on any atom is -0.508 e. The Morgan fingerprint density at radius 1 is 0.900 bits per heavy atom. The number of aromatic nitrogens is 2. The van der Waals surface area contributed by atoms with Crippen molar-refractivity contribution < 1.29 is 5.11 Å². The van der Waals surface area contributed by atoms with Crippen molar-refractivity contribution in [1.29, 1.82) is 0 Å². The van der Waals surface area contributed by atoms with Gasteiger partial charge in [-0.3, -0.25) is 0 Å². The van der Waals surface area contributed by atoms with Gasteiger partial charge in [-0.15, -0.1) is 0 Å². The molecule has 1 aromatic carbocycles. The standard InChI is InChI=1S/C16H19N3O/c20-15-6-4-13(5-7-15)10-14-11-17-16(18-12-14)19-8-2-1-3-9-19/h4-7,11-12,20H,1-3,8-10H2. The Labute approximate surface area is 119 Å². The van der Waals surface area contributed by atoms with Crippen molar-refractivity contribution in [2.24, 2.45) is 0 Å². The molecule has 0 aliphatic carbocycles. The highest BCUT2D eigenvalue weighted by Gasteiger charge is 2.12. The van der Waals surface area contributed by atoms with Gasteiger partial charge in [0.1, 0.15) is 5.75 Å². The fraction of sp³-hybridized carbons (Fsp3) is 0.375. The van der Waals surface area contributed by atoms with Gasteiger partial charge in [0.2, 0.25) is 5.95 Å². The summed E-state index contributed by atoms with van der Waals surface area (Å²) in [4.78, 5) is 11.2. The summed E-state index contributed by atoms with van der Waals surface area (Å²) in [7, 11) is 0. The van der Waals surface area contributed by atoms with E-state index in [9.17, 15) is 5.11 Å². The SMILES string of the molecule is Oc1ccc(Cc2cnc(N3CCCCC3)nc2)cc1. The Kier molecular flexibility index (Phi) is 3.81. The van der Waals surface area contributed by atoms with Crippen LogP contribution in [-0.2, 0) is 6.42 Å². The van der Waals surface area contributed by atoms with Crippen LogP contribution in [0.5, 0.6) is 5.75 Å². The molecular weight excluding hydrogens is 250 g/mol. The van der Waals surface area contributed by atoms with Gasteiger partial charge in [0.05, 0.1) is 0 Å². The lowest BCUT2D eigenvalue weighted by atomic mass is 10.1. The second-order valence-electron chi connectivity index (χ2n) is 5.28. The third kappa shape index (κ3) is 3.07. The predicted molar refractivity (Wildman–Crippen MR) is 79.0 cm³/mol. The molecule has 2 heterocycles. The van der Waals surface area contributed by atoms with Gasteiger partial charge in [0, 0.05) is 31.9 Å². The molecule has 1 N–H and O–H groups in total. The average molecular weight is 269 g/mol.